The van der Waals surface area contributed by atoms with Crippen molar-refractivity contribution >= 4 is 11.6 Å². The van der Waals surface area contributed by atoms with Gasteiger partial charge in [-0.25, -0.2) is 9.50 Å². The van der Waals surface area contributed by atoms with Crippen molar-refractivity contribution in [2.24, 2.45) is 11.3 Å². The first-order chi connectivity index (χ1) is 11.8. The van der Waals surface area contributed by atoms with Gasteiger partial charge < -0.3 is 9.64 Å². The molecule has 3 heterocycles. The Morgan fingerprint density at radius 3 is 2.56 bits per heavy atom. The molecule has 0 aliphatic carbocycles. The van der Waals surface area contributed by atoms with Crippen LogP contribution in [0.15, 0.2) is 12.1 Å². The molecule has 0 saturated carbocycles. The number of carbonyl (C=O) groups is 1. The highest BCUT2D eigenvalue weighted by atomic mass is 16.5. The van der Waals surface area contributed by atoms with Crippen LogP contribution in [0.25, 0.3) is 5.65 Å². The van der Waals surface area contributed by atoms with E-state index in [2.05, 4.69) is 10.1 Å². The Morgan fingerprint density at radius 1 is 1.24 bits per heavy atom. The van der Waals surface area contributed by atoms with Crippen LogP contribution in [0.3, 0.4) is 0 Å². The summed E-state index contributed by atoms with van der Waals surface area (Å²) in [5, 5.41) is 4.52. The second-order valence-corrected chi connectivity index (χ2v) is 8.02. The molecule has 3 rings (SSSR count). The molecule has 1 fully saturated rings. The van der Waals surface area contributed by atoms with Gasteiger partial charge in [0, 0.05) is 24.6 Å². The minimum absolute atomic E-state index is 0.241. The summed E-state index contributed by atoms with van der Waals surface area (Å²) in [7, 11) is 0. The first-order valence-electron chi connectivity index (χ1n) is 9.01. The molecule has 0 aromatic carbocycles. The van der Waals surface area contributed by atoms with Gasteiger partial charge in [-0.3, -0.25) is 4.79 Å². The lowest BCUT2D eigenvalue weighted by molar-refractivity contribution is -0.141. The lowest BCUT2D eigenvalue weighted by atomic mass is 9.91. The van der Waals surface area contributed by atoms with Gasteiger partial charge in [0.15, 0.2) is 5.65 Å². The van der Waals surface area contributed by atoms with Crippen LogP contribution in [0.4, 0.5) is 0 Å². The molecular formula is C19H28N4O2. The number of likely N-dealkylation sites (tertiary alicyclic amines) is 1. The monoisotopic (exact) mass is 344 g/mol. The molecule has 25 heavy (non-hydrogen) atoms. The first kappa shape index (κ1) is 17.7. The molecule has 6 heteroatoms. The molecule has 0 bridgehead atoms. The van der Waals surface area contributed by atoms with Gasteiger partial charge in [-0.2, -0.15) is 0 Å². The van der Waals surface area contributed by atoms with Crippen LogP contribution in [0.1, 0.15) is 45.0 Å². The van der Waals surface area contributed by atoms with Gasteiger partial charge in [-0.05, 0) is 38.7 Å². The quantitative estimate of drug-likeness (QED) is 0.859. The highest BCUT2D eigenvalue weighted by Crippen LogP contribution is 2.24. The van der Waals surface area contributed by atoms with Gasteiger partial charge in [0.05, 0.1) is 18.0 Å². The number of hydrogen-bond acceptors (Lipinski definition) is 4. The van der Waals surface area contributed by atoms with Crippen molar-refractivity contribution in [1.82, 2.24) is 19.5 Å². The van der Waals surface area contributed by atoms with Crippen LogP contribution in [0, 0.1) is 25.2 Å². The third-order valence-electron chi connectivity index (χ3n) is 4.92. The summed E-state index contributed by atoms with van der Waals surface area (Å²) in [4.78, 5) is 18.8. The molecule has 1 aliphatic heterocycles. The zero-order valence-corrected chi connectivity index (χ0v) is 15.9. The second kappa shape index (κ2) is 6.65. The van der Waals surface area contributed by atoms with Crippen LogP contribution >= 0.6 is 0 Å². The number of hydrogen-bond donors (Lipinski definition) is 0. The van der Waals surface area contributed by atoms with E-state index >= 15 is 0 Å². The lowest BCUT2D eigenvalue weighted by Gasteiger charge is -2.35. The van der Waals surface area contributed by atoms with E-state index < -0.39 is 0 Å². The van der Waals surface area contributed by atoms with Gasteiger partial charge in [0.25, 0.3) is 0 Å². The number of fused-ring (bicyclic) bond motifs is 1. The largest absolute Gasteiger partial charge is 0.476 e. The van der Waals surface area contributed by atoms with E-state index in [-0.39, 0.29) is 11.3 Å². The van der Waals surface area contributed by atoms with Gasteiger partial charge >= 0.3 is 0 Å². The Bertz CT molecular complexity index is 768. The van der Waals surface area contributed by atoms with E-state index in [1.54, 1.807) is 0 Å². The van der Waals surface area contributed by atoms with Gasteiger partial charge in [0.2, 0.25) is 11.8 Å². The van der Waals surface area contributed by atoms with Crippen molar-refractivity contribution < 1.29 is 9.53 Å². The SMILES string of the molecule is Cc1nc2ccc(OCC3CCN(C(=O)C(C)(C)C)CC3)nn2c1C. The van der Waals surface area contributed by atoms with E-state index in [4.69, 9.17) is 4.74 Å². The number of imidazole rings is 1. The van der Waals surface area contributed by atoms with E-state index in [1.165, 1.54) is 0 Å². The first-order valence-corrected chi connectivity index (χ1v) is 9.01. The average molecular weight is 344 g/mol. The summed E-state index contributed by atoms with van der Waals surface area (Å²) >= 11 is 0. The van der Waals surface area contributed by atoms with Crippen molar-refractivity contribution in [2.45, 2.75) is 47.5 Å². The fraction of sp³-hybridized carbons (Fsp3) is 0.632. The van der Waals surface area contributed by atoms with E-state index in [1.807, 2.05) is 56.2 Å². The molecule has 0 spiro atoms. The number of rotatable bonds is 3. The van der Waals surface area contributed by atoms with Crippen molar-refractivity contribution in [3.8, 4) is 5.88 Å². The summed E-state index contributed by atoms with van der Waals surface area (Å²) in [5.74, 6) is 1.33. The molecule has 136 valence electrons. The van der Waals surface area contributed by atoms with E-state index in [0.717, 1.165) is 43.0 Å². The summed E-state index contributed by atoms with van der Waals surface area (Å²) in [6, 6.07) is 3.81. The van der Waals surface area contributed by atoms with Crippen LogP contribution in [0.5, 0.6) is 5.88 Å². The molecule has 0 N–H and O–H groups in total. The maximum atomic E-state index is 12.3. The molecular weight excluding hydrogens is 316 g/mol. The second-order valence-electron chi connectivity index (χ2n) is 8.02. The zero-order chi connectivity index (χ0) is 18.2. The number of amides is 1. The number of piperidine rings is 1. The van der Waals surface area contributed by atoms with Crippen molar-refractivity contribution in [1.29, 1.82) is 0 Å². The Hall–Kier alpha value is -2.11. The fourth-order valence-corrected chi connectivity index (χ4v) is 3.19. The highest BCUT2D eigenvalue weighted by Gasteiger charge is 2.30. The Morgan fingerprint density at radius 2 is 1.92 bits per heavy atom. The van der Waals surface area contributed by atoms with Crippen LogP contribution in [-0.4, -0.2) is 45.1 Å². The number of aromatic nitrogens is 3. The van der Waals surface area contributed by atoms with Crippen LogP contribution < -0.4 is 4.74 Å². The van der Waals surface area contributed by atoms with Crippen molar-refractivity contribution in [3.05, 3.63) is 23.5 Å². The fourth-order valence-electron chi connectivity index (χ4n) is 3.19. The lowest BCUT2D eigenvalue weighted by Crippen LogP contribution is -2.44. The average Bonchev–Trinajstić information content (AvgIpc) is 2.86. The maximum Gasteiger partial charge on any atom is 0.231 e. The van der Waals surface area contributed by atoms with Gasteiger partial charge in [-0.1, -0.05) is 20.8 Å². The molecule has 0 atom stereocenters. The molecule has 2 aromatic rings. The van der Waals surface area contributed by atoms with E-state index in [9.17, 15) is 4.79 Å². The van der Waals surface area contributed by atoms with Gasteiger partial charge in [-0.15, -0.1) is 5.10 Å². The van der Waals surface area contributed by atoms with Gasteiger partial charge in [0.1, 0.15) is 0 Å². The molecule has 6 nitrogen and oxygen atoms in total. The molecule has 0 radical (unpaired) electrons. The summed E-state index contributed by atoms with van der Waals surface area (Å²) in [6.07, 6.45) is 1.96. The highest BCUT2D eigenvalue weighted by molar-refractivity contribution is 5.81. The number of carbonyl (C=O) groups excluding carboxylic acids is 1. The Kier molecular flexibility index (Phi) is 4.71. The third-order valence-corrected chi connectivity index (χ3v) is 4.92. The summed E-state index contributed by atoms with van der Waals surface area (Å²) in [6.45, 7) is 12.2. The Balaban J connectivity index is 1.55. The van der Waals surface area contributed by atoms with Crippen molar-refractivity contribution in [2.75, 3.05) is 19.7 Å². The maximum absolute atomic E-state index is 12.3. The Labute approximate surface area is 149 Å². The minimum atomic E-state index is -0.302. The molecule has 1 saturated heterocycles. The van der Waals surface area contributed by atoms with E-state index in [0.29, 0.717) is 18.4 Å². The minimum Gasteiger partial charge on any atom is -0.476 e. The standard InChI is InChI=1S/C19H28N4O2/c1-13-14(2)23-16(20-13)6-7-17(21-23)25-12-15-8-10-22(11-9-15)18(24)19(3,4)5/h6-7,15H,8-12H2,1-5H3. The predicted molar refractivity (Wildman–Crippen MR) is 96.7 cm³/mol. The smallest absolute Gasteiger partial charge is 0.231 e. The topological polar surface area (TPSA) is 59.7 Å². The molecule has 1 amide bonds. The van der Waals surface area contributed by atoms with Crippen LogP contribution in [0.2, 0.25) is 0 Å². The van der Waals surface area contributed by atoms with Crippen molar-refractivity contribution in [3.63, 3.8) is 0 Å². The molecule has 1 aliphatic rings. The number of nitrogens with zero attached hydrogens (tertiary/aromatic N) is 4. The predicted octanol–water partition coefficient (Wildman–Crippen LogP) is 3.01. The number of aryl methyl sites for hydroxylation is 2. The number of ether oxygens (including phenoxy) is 1. The molecule has 2 aromatic heterocycles. The summed E-state index contributed by atoms with van der Waals surface area (Å²) in [5.41, 5.74) is 2.56. The third kappa shape index (κ3) is 3.78. The molecule has 0 unspecified atom stereocenters. The zero-order valence-electron chi connectivity index (χ0n) is 15.9. The normalized spacial score (nSPS) is 16.4. The van der Waals surface area contributed by atoms with Crippen LogP contribution in [-0.2, 0) is 4.79 Å². The summed E-state index contributed by atoms with van der Waals surface area (Å²) < 4.78 is 7.75.